The zero-order valence-electron chi connectivity index (χ0n) is 6.63. The van der Waals surface area contributed by atoms with E-state index in [0.717, 1.165) is 0 Å². The number of halogens is 1. The lowest BCUT2D eigenvalue weighted by molar-refractivity contribution is 0.801. The summed E-state index contributed by atoms with van der Waals surface area (Å²) in [5, 5.41) is 0. The van der Waals surface area contributed by atoms with E-state index in [9.17, 15) is 0 Å². The molecule has 0 unspecified atom stereocenters. The maximum Gasteiger partial charge on any atom is 0.0164 e. The summed E-state index contributed by atoms with van der Waals surface area (Å²) in [7, 11) is 0. The molecule has 2 aliphatic carbocycles. The van der Waals surface area contributed by atoms with Gasteiger partial charge in [0.2, 0.25) is 0 Å². The zero-order chi connectivity index (χ0) is 8.13. The molecule has 0 aromatic heterocycles. The molecule has 1 aromatic carbocycles. The Bertz CT molecular complexity index is 365. The molecule has 0 N–H and O–H groups in total. The van der Waals surface area contributed by atoms with Crippen molar-refractivity contribution in [3.8, 4) is 0 Å². The Morgan fingerprint density at radius 3 is 2.75 bits per heavy atom. The van der Waals surface area contributed by atoms with Gasteiger partial charge in [-0.15, -0.1) is 0 Å². The molecule has 2 bridgehead atoms. The van der Waals surface area contributed by atoms with E-state index in [2.05, 4.69) is 46.3 Å². The molecule has 2 atom stereocenters. The minimum Gasteiger partial charge on any atom is -0.0662 e. The summed E-state index contributed by atoms with van der Waals surface area (Å²) in [5.74, 6) is 1.37. The summed E-state index contributed by atoms with van der Waals surface area (Å²) < 4.78 is 1.39. The first-order chi connectivity index (χ1) is 5.86. The molecule has 0 saturated carbocycles. The Morgan fingerprint density at radius 2 is 1.92 bits per heavy atom. The smallest absolute Gasteiger partial charge is 0.0164 e. The van der Waals surface area contributed by atoms with Crippen LogP contribution in [-0.4, -0.2) is 0 Å². The number of hydrogen-bond donors (Lipinski definition) is 0. The van der Waals surface area contributed by atoms with Crippen LogP contribution in [0.3, 0.4) is 0 Å². The van der Waals surface area contributed by atoms with Crippen LogP contribution in [0.25, 0.3) is 0 Å². The third-order valence-corrected chi connectivity index (χ3v) is 3.77. The highest BCUT2D eigenvalue weighted by molar-refractivity contribution is 9.11. The largest absolute Gasteiger partial charge is 0.0662 e. The second-order valence-corrected chi connectivity index (χ2v) is 4.49. The number of rotatable bonds is 0. The lowest BCUT2D eigenvalue weighted by Crippen LogP contribution is -1.93. The van der Waals surface area contributed by atoms with Gasteiger partial charge in [-0.2, -0.15) is 0 Å². The molecule has 0 fully saturated rings. The van der Waals surface area contributed by atoms with Gasteiger partial charge in [0.15, 0.2) is 0 Å². The number of allylic oxidation sites excluding steroid dienone is 2. The van der Waals surface area contributed by atoms with Gasteiger partial charge in [-0.05, 0) is 22.0 Å². The predicted octanol–water partition coefficient (Wildman–Crippen LogP) is 3.55. The molecule has 0 saturated heterocycles. The molecule has 0 amide bonds. The summed E-state index contributed by atoms with van der Waals surface area (Å²) in [6.07, 6.45) is 3.65. The van der Waals surface area contributed by atoms with Crippen LogP contribution >= 0.6 is 15.9 Å². The monoisotopic (exact) mass is 220 g/mol. The Morgan fingerprint density at radius 1 is 1.17 bits per heavy atom. The van der Waals surface area contributed by atoms with Crippen molar-refractivity contribution in [3.63, 3.8) is 0 Å². The minimum absolute atomic E-state index is 0.672. The number of fused-ring (bicyclic) bond motifs is 5. The zero-order valence-corrected chi connectivity index (χ0v) is 8.21. The number of benzene rings is 1. The van der Waals surface area contributed by atoms with Crippen LogP contribution in [0, 0.1) is 0 Å². The van der Waals surface area contributed by atoms with Crippen molar-refractivity contribution in [2.24, 2.45) is 0 Å². The van der Waals surface area contributed by atoms with Crippen molar-refractivity contribution >= 4 is 15.9 Å². The summed E-state index contributed by atoms with van der Waals surface area (Å²) in [4.78, 5) is 0. The SMILES string of the molecule is BrC1=C[C@H]2C[C@@H]1c1ccccc12. The van der Waals surface area contributed by atoms with E-state index in [1.807, 2.05) is 0 Å². The van der Waals surface area contributed by atoms with Crippen LogP contribution < -0.4 is 0 Å². The predicted molar refractivity (Wildman–Crippen MR) is 53.6 cm³/mol. The maximum atomic E-state index is 3.63. The van der Waals surface area contributed by atoms with Gasteiger partial charge in [0.1, 0.15) is 0 Å². The Kier molecular flexibility index (Phi) is 1.28. The minimum atomic E-state index is 0.672. The number of hydrogen-bond acceptors (Lipinski definition) is 0. The Hall–Kier alpha value is -0.560. The first kappa shape index (κ1) is 6.90. The van der Waals surface area contributed by atoms with E-state index in [-0.39, 0.29) is 0 Å². The first-order valence-corrected chi connectivity index (χ1v) is 5.11. The van der Waals surface area contributed by atoms with Crippen LogP contribution in [-0.2, 0) is 0 Å². The van der Waals surface area contributed by atoms with Crippen molar-refractivity contribution in [2.75, 3.05) is 0 Å². The van der Waals surface area contributed by atoms with Gasteiger partial charge in [0, 0.05) is 11.8 Å². The Balaban J connectivity index is 2.23. The molecule has 2 aliphatic rings. The molecule has 12 heavy (non-hydrogen) atoms. The fourth-order valence-electron chi connectivity index (χ4n) is 2.40. The molecule has 0 aliphatic heterocycles. The van der Waals surface area contributed by atoms with Crippen molar-refractivity contribution in [1.29, 1.82) is 0 Å². The average Bonchev–Trinajstić information content (AvgIpc) is 2.62. The summed E-state index contributed by atoms with van der Waals surface area (Å²) in [6.45, 7) is 0. The highest BCUT2D eigenvalue weighted by atomic mass is 79.9. The maximum absolute atomic E-state index is 3.63. The van der Waals surface area contributed by atoms with Crippen molar-refractivity contribution in [2.45, 2.75) is 18.3 Å². The second-order valence-electron chi connectivity index (χ2n) is 3.58. The van der Waals surface area contributed by atoms with Crippen LogP contribution in [0.2, 0.25) is 0 Å². The normalized spacial score (nSPS) is 30.2. The van der Waals surface area contributed by atoms with Gasteiger partial charge in [0.05, 0.1) is 0 Å². The van der Waals surface area contributed by atoms with Gasteiger partial charge in [-0.25, -0.2) is 0 Å². The third-order valence-electron chi connectivity index (χ3n) is 2.95. The average molecular weight is 221 g/mol. The van der Waals surface area contributed by atoms with Gasteiger partial charge < -0.3 is 0 Å². The van der Waals surface area contributed by atoms with E-state index in [1.165, 1.54) is 16.5 Å². The van der Waals surface area contributed by atoms with Gasteiger partial charge in [0.25, 0.3) is 0 Å². The van der Waals surface area contributed by atoms with Crippen molar-refractivity contribution in [3.05, 3.63) is 46.0 Å². The van der Waals surface area contributed by atoms with Gasteiger partial charge >= 0.3 is 0 Å². The molecular weight excluding hydrogens is 212 g/mol. The first-order valence-electron chi connectivity index (χ1n) is 4.32. The van der Waals surface area contributed by atoms with E-state index >= 15 is 0 Å². The quantitative estimate of drug-likeness (QED) is 0.628. The van der Waals surface area contributed by atoms with Crippen LogP contribution in [0.5, 0.6) is 0 Å². The van der Waals surface area contributed by atoms with Crippen molar-refractivity contribution in [1.82, 2.24) is 0 Å². The molecule has 60 valence electrons. The summed E-state index contributed by atoms with van der Waals surface area (Å²) >= 11 is 3.63. The summed E-state index contributed by atoms with van der Waals surface area (Å²) in [5.41, 5.74) is 3.09. The topological polar surface area (TPSA) is 0 Å². The lowest BCUT2D eigenvalue weighted by atomic mass is 9.97. The molecule has 0 spiro atoms. The molecule has 0 radical (unpaired) electrons. The fourth-order valence-corrected chi connectivity index (χ4v) is 3.15. The van der Waals surface area contributed by atoms with E-state index in [0.29, 0.717) is 11.8 Å². The fraction of sp³-hybridized carbons (Fsp3) is 0.273. The van der Waals surface area contributed by atoms with E-state index in [4.69, 9.17) is 0 Å². The van der Waals surface area contributed by atoms with Crippen LogP contribution in [0.1, 0.15) is 29.4 Å². The van der Waals surface area contributed by atoms with E-state index < -0.39 is 0 Å². The van der Waals surface area contributed by atoms with E-state index in [1.54, 1.807) is 5.56 Å². The third kappa shape index (κ3) is 0.726. The van der Waals surface area contributed by atoms with Crippen LogP contribution in [0.4, 0.5) is 0 Å². The van der Waals surface area contributed by atoms with Gasteiger partial charge in [-0.3, -0.25) is 0 Å². The van der Waals surface area contributed by atoms with Crippen molar-refractivity contribution < 1.29 is 0 Å². The van der Waals surface area contributed by atoms with Gasteiger partial charge in [-0.1, -0.05) is 46.3 Å². The summed E-state index contributed by atoms with van der Waals surface area (Å²) in [6, 6.07) is 8.80. The molecular formula is C11H9Br. The standard InChI is InChI=1S/C11H9Br/c12-11-6-7-5-10(11)9-4-2-1-3-8(7)9/h1-4,6-7,10H,5H2/t7-,10-/m1/s1. The molecule has 1 heteroatoms. The Labute approximate surface area is 80.4 Å². The molecule has 0 nitrogen and oxygen atoms in total. The van der Waals surface area contributed by atoms with Crippen LogP contribution in [0.15, 0.2) is 34.8 Å². The highest BCUT2D eigenvalue weighted by Crippen LogP contribution is 2.53. The second kappa shape index (κ2) is 2.23. The highest BCUT2D eigenvalue weighted by Gasteiger charge is 2.36. The molecule has 3 rings (SSSR count). The molecule has 1 aromatic rings. The lowest BCUT2D eigenvalue weighted by Gasteiger charge is -2.11. The molecule has 0 heterocycles.